The van der Waals surface area contributed by atoms with Crippen molar-refractivity contribution in [2.24, 2.45) is 21.5 Å². The number of nitrogens with two attached hydrogens (primary N) is 2. The van der Waals surface area contributed by atoms with Crippen molar-refractivity contribution in [3.63, 3.8) is 0 Å². The lowest BCUT2D eigenvalue weighted by Crippen LogP contribution is -2.58. The number of anilines is 1. The van der Waals surface area contributed by atoms with E-state index in [0.29, 0.717) is 11.5 Å². The molecule has 2 aromatic rings. The molecule has 0 unspecified atom stereocenters. The highest BCUT2D eigenvalue weighted by Gasteiger charge is 2.42. The van der Waals surface area contributed by atoms with Gasteiger partial charge in [0.15, 0.2) is 5.78 Å². The van der Waals surface area contributed by atoms with Gasteiger partial charge in [-0.1, -0.05) is 24.6 Å². The largest absolute Gasteiger partial charge is 0.369 e. The second-order valence-corrected chi connectivity index (χ2v) is 7.61. The van der Waals surface area contributed by atoms with Crippen LogP contribution >= 0.6 is 0 Å². The van der Waals surface area contributed by atoms with E-state index in [0.717, 1.165) is 43.4 Å². The molecular formula is C23H24FN5O. The van der Waals surface area contributed by atoms with Crippen LogP contribution in [0.5, 0.6) is 0 Å². The smallest absolute Gasteiger partial charge is 0.220 e. The molecule has 0 aromatic heterocycles. The second-order valence-electron chi connectivity index (χ2n) is 7.61. The quantitative estimate of drug-likeness (QED) is 0.597. The highest BCUT2D eigenvalue weighted by atomic mass is 19.1. The maximum absolute atomic E-state index is 13.0. The summed E-state index contributed by atoms with van der Waals surface area (Å²) in [5.41, 5.74) is 13.8. The van der Waals surface area contributed by atoms with Gasteiger partial charge in [-0.3, -0.25) is 9.69 Å². The number of aliphatic imine (C=N–C) groups is 2. The van der Waals surface area contributed by atoms with Gasteiger partial charge in [-0.2, -0.15) is 4.99 Å². The summed E-state index contributed by atoms with van der Waals surface area (Å²) in [6.45, 7) is 0. The molecule has 1 spiro atoms. The SMILES string of the molecule is NC1=NC2(CCCCC2)N(c2ccc(C(=O)C=Cc3ccc(F)cc3)cc2)C(N)=N1. The number of rotatable bonds is 4. The number of hydrogen-bond donors (Lipinski definition) is 2. The number of carbonyl (C=O) groups is 1. The molecule has 1 saturated carbocycles. The van der Waals surface area contributed by atoms with Crippen molar-refractivity contribution in [1.82, 2.24) is 0 Å². The standard InChI is InChI=1S/C23H24FN5O/c24-18-9-4-16(5-10-18)6-13-20(30)17-7-11-19(12-8-17)29-22(26)27-21(25)28-23(29)14-2-1-3-15-23/h4-13H,1-3,14-15H2,(H4,25,26,27,28). The summed E-state index contributed by atoms with van der Waals surface area (Å²) in [6, 6.07) is 13.2. The maximum atomic E-state index is 13.0. The molecule has 0 atom stereocenters. The molecule has 4 rings (SSSR count). The molecule has 1 aliphatic heterocycles. The van der Waals surface area contributed by atoms with Crippen LogP contribution in [0.1, 0.15) is 48.0 Å². The first kappa shape index (κ1) is 19.8. The van der Waals surface area contributed by atoms with Gasteiger partial charge in [0.2, 0.25) is 11.9 Å². The van der Waals surface area contributed by atoms with Crippen molar-refractivity contribution >= 4 is 29.5 Å². The zero-order valence-corrected chi connectivity index (χ0v) is 16.6. The minimum absolute atomic E-state index is 0.138. The molecule has 0 amide bonds. The van der Waals surface area contributed by atoms with E-state index >= 15 is 0 Å². The van der Waals surface area contributed by atoms with Gasteiger partial charge < -0.3 is 11.5 Å². The lowest BCUT2D eigenvalue weighted by atomic mass is 9.87. The van der Waals surface area contributed by atoms with Gasteiger partial charge in [-0.25, -0.2) is 9.38 Å². The highest BCUT2D eigenvalue weighted by molar-refractivity contribution is 6.08. The van der Waals surface area contributed by atoms with Gasteiger partial charge in [0.25, 0.3) is 0 Å². The van der Waals surface area contributed by atoms with E-state index in [2.05, 4.69) is 9.98 Å². The van der Waals surface area contributed by atoms with Gasteiger partial charge >= 0.3 is 0 Å². The number of ketones is 1. The molecular weight excluding hydrogens is 381 g/mol. The molecule has 4 N–H and O–H groups in total. The third kappa shape index (κ3) is 3.96. The minimum atomic E-state index is -0.512. The molecule has 0 radical (unpaired) electrons. The molecule has 2 aromatic carbocycles. The number of carbonyl (C=O) groups excluding carboxylic acids is 1. The molecule has 154 valence electrons. The van der Waals surface area contributed by atoms with Crippen molar-refractivity contribution in [3.05, 3.63) is 71.6 Å². The predicted octanol–water partition coefficient (Wildman–Crippen LogP) is 3.83. The molecule has 7 heteroatoms. The summed E-state index contributed by atoms with van der Waals surface area (Å²) < 4.78 is 13.0. The van der Waals surface area contributed by atoms with Crippen LogP contribution < -0.4 is 16.4 Å². The molecule has 0 bridgehead atoms. The number of nitrogens with zero attached hydrogens (tertiary/aromatic N) is 3. The van der Waals surface area contributed by atoms with Gasteiger partial charge in [-0.15, -0.1) is 0 Å². The van der Waals surface area contributed by atoms with Crippen LogP contribution in [0.4, 0.5) is 10.1 Å². The van der Waals surface area contributed by atoms with Crippen LogP contribution in [0.3, 0.4) is 0 Å². The van der Waals surface area contributed by atoms with E-state index < -0.39 is 5.66 Å². The molecule has 1 heterocycles. The maximum Gasteiger partial charge on any atom is 0.220 e. The highest BCUT2D eigenvalue weighted by Crippen LogP contribution is 2.39. The minimum Gasteiger partial charge on any atom is -0.369 e. The van der Waals surface area contributed by atoms with E-state index in [9.17, 15) is 9.18 Å². The first-order valence-electron chi connectivity index (χ1n) is 10.0. The normalized spacial score (nSPS) is 18.4. The Morgan fingerprint density at radius 2 is 1.67 bits per heavy atom. The fraction of sp³-hybridized carbons (Fsp3) is 0.261. The van der Waals surface area contributed by atoms with Gasteiger partial charge in [-0.05, 0) is 73.7 Å². The van der Waals surface area contributed by atoms with Crippen molar-refractivity contribution in [3.8, 4) is 0 Å². The Labute approximate surface area is 174 Å². The van der Waals surface area contributed by atoms with E-state index in [4.69, 9.17) is 11.5 Å². The van der Waals surface area contributed by atoms with Crippen LogP contribution in [0.2, 0.25) is 0 Å². The van der Waals surface area contributed by atoms with Crippen LogP contribution in [0, 0.1) is 5.82 Å². The van der Waals surface area contributed by atoms with Crippen LogP contribution in [0.15, 0.2) is 64.6 Å². The lowest BCUT2D eigenvalue weighted by molar-refractivity contribution is 0.104. The third-order valence-electron chi connectivity index (χ3n) is 5.56. The summed E-state index contributed by atoms with van der Waals surface area (Å²) in [4.78, 5) is 23.3. The molecule has 0 saturated heterocycles. The average Bonchev–Trinajstić information content (AvgIpc) is 2.73. The van der Waals surface area contributed by atoms with E-state index in [1.807, 2.05) is 17.0 Å². The van der Waals surface area contributed by atoms with Crippen molar-refractivity contribution < 1.29 is 9.18 Å². The number of hydrogen-bond acceptors (Lipinski definition) is 6. The molecule has 1 fully saturated rings. The summed E-state index contributed by atoms with van der Waals surface area (Å²) in [5.74, 6) is 0.0836. The summed E-state index contributed by atoms with van der Waals surface area (Å²) in [6.07, 6.45) is 8.11. The van der Waals surface area contributed by atoms with Gasteiger partial charge in [0, 0.05) is 11.3 Å². The number of guanidine groups is 2. The molecule has 2 aliphatic rings. The Kier molecular flexibility index (Phi) is 5.35. The Balaban J connectivity index is 1.55. The van der Waals surface area contributed by atoms with E-state index in [1.165, 1.54) is 18.2 Å². The Hall–Kier alpha value is -3.48. The predicted molar refractivity (Wildman–Crippen MR) is 118 cm³/mol. The first-order valence-corrected chi connectivity index (χ1v) is 10.0. The fourth-order valence-electron chi connectivity index (χ4n) is 4.11. The van der Waals surface area contributed by atoms with Crippen LogP contribution in [0.25, 0.3) is 6.08 Å². The lowest BCUT2D eigenvalue weighted by Gasteiger charge is -2.45. The van der Waals surface area contributed by atoms with Crippen molar-refractivity contribution in [2.75, 3.05) is 4.90 Å². The fourth-order valence-corrected chi connectivity index (χ4v) is 4.11. The number of allylic oxidation sites excluding steroid dienone is 1. The Morgan fingerprint density at radius 3 is 2.33 bits per heavy atom. The zero-order chi connectivity index (χ0) is 21.1. The van der Waals surface area contributed by atoms with Gasteiger partial charge in [0.05, 0.1) is 0 Å². The molecule has 6 nitrogen and oxygen atoms in total. The van der Waals surface area contributed by atoms with Crippen molar-refractivity contribution in [1.29, 1.82) is 0 Å². The number of halogens is 1. The molecule has 30 heavy (non-hydrogen) atoms. The summed E-state index contributed by atoms with van der Waals surface area (Å²) in [5, 5.41) is 0. The monoisotopic (exact) mass is 405 g/mol. The summed E-state index contributed by atoms with van der Waals surface area (Å²) in [7, 11) is 0. The Bertz CT molecular complexity index is 1020. The first-order chi connectivity index (χ1) is 14.5. The van der Waals surface area contributed by atoms with Crippen molar-refractivity contribution in [2.45, 2.75) is 37.8 Å². The van der Waals surface area contributed by atoms with Crippen LogP contribution in [-0.2, 0) is 0 Å². The number of benzene rings is 2. The zero-order valence-electron chi connectivity index (χ0n) is 16.6. The van der Waals surface area contributed by atoms with E-state index in [1.54, 1.807) is 30.3 Å². The average molecular weight is 405 g/mol. The topological polar surface area (TPSA) is 97.1 Å². The second kappa shape index (κ2) is 8.10. The van der Waals surface area contributed by atoms with Crippen LogP contribution in [-0.4, -0.2) is 23.4 Å². The third-order valence-corrected chi connectivity index (χ3v) is 5.56. The van der Waals surface area contributed by atoms with Gasteiger partial charge in [0.1, 0.15) is 11.5 Å². The Morgan fingerprint density at radius 1 is 1.00 bits per heavy atom. The summed E-state index contributed by atoms with van der Waals surface area (Å²) >= 11 is 0. The molecule has 1 aliphatic carbocycles. The van der Waals surface area contributed by atoms with E-state index in [-0.39, 0.29) is 17.6 Å².